The van der Waals surface area contributed by atoms with Gasteiger partial charge in [-0.15, -0.1) is 0 Å². The third-order valence-corrected chi connectivity index (χ3v) is 3.57. The molecular weight excluding hydrogens is 285 g/mol. The second kappa shape index (κ2) is 3.74. The standard InChI is InChI=1S/C11H10BrF3O/c12-9-3-1-7(2-4-9)8-5-10(16,6-8)11(13,14)15/h1-4,8,16H,5-6H2. The van der Waals surface area contributed by atoms with Gasteiger partial charge in [-0.3, -0.25) is 0 Å². The van der Waals surface area contributed by atoms with Crippen LogP contribution in [0.15, 0.2) is 28.7 Å². The molecule has 0 radical (unpaired) electrons. The summed E-state index contributed by atoms with van der Waals surface area (Å²) in [5, 5.41) is 9.30. The summed E-state index contributed by atoms with van der Waals surface area (Å²) in [6, 6.07) is 7.15. The highest BCUT2D eigenvalue weighted by Gasteiger charge is 2.61. The summed E-state index contributed by atoms with van der Waals surface area (Å²) in [4.78, 5) is 0. The zero-order valence-electron chi connectivity index (χ0n) is 8.26. The van der Waals surface area contributed by atoms with Crippen LogP contribution in [0.3, 0.4) is 0 Å². The first kappa shape index (κ1) is 11.9. The molecule has 0 saturated heterocycles. The van der Waals surface area contributed by atoms with Gasteiger partial charge in [0, 0.05) is 4.47 Å². The molecule has 5 heteroatoms. The molecular formula is C11H10BrF3O. The molecule has 1 aliphatic rings. The Morgan fingerprint density at radius 3 is 2.12 bits per heavy atom. The number of rotatable bonds is 1. The van der Waals surface area contributed by atoms with Crippen molar-refractivity contribution < 1.29 is 18.3 Å². The van der Waals surface area contributed by atoms with E-state index in [1.165, 1.54) is 0 Å². The smallest absolute Gasteiger partial charge is 0.380 e. The Bertz CT molecular complexity index is 379. The molecule has 1 aromatic carbocycles. The Hall–Kier alpha value is -0.550. The van der Waals surface area contributed by atoms with Crippen LogP contribution in [0.5, 0.6) is 0 Å². The average Bonchev–Trinajstić information content (AvgIpc) is 2.13. The van der Waals surface area contributed by atoms with Gasteiger partial charge >= 0.3 is 6.18 Å². The van der Waals surface area contributed by atoms with Crippen molar-refractivity contribution >= 4 is 15.9 Å². The zero-order valence-corrected chi connectivity index (χ0v) is 9.85. The average molecular weight is 295 g/mol. The van der Waals surface area contributed by atoms with E-state index in [9.17, 15) is 18.3 Å². The molecule has 1 aliphatic carbocycles. The minimum atomic E-state index is -4.52. The Balaban J connectivity index is 2.06. The fourth-order valence-corrected chi connectivity index (χ4v) is 2.22. The van der Waals surface area contributed by atoms with E-state index in [1.807, 2.05) is 0 Å². The van der Waals surface area contributed by atoms with Gasteiger partial charge in [0.15, 0.2) is 5.60 Å². The maximum atomic E-state index is 12.4. The lowest BCUT2D eigenvalue weighted by molar-refractivity contribution is -0.291. The minimum absolute atomic E-state index is 0.195. The number of halogens is 4. The summed E-state index contributed by atoms with van der Waals surface area (Å²) in [6.07, 6.45) is -4.99. The fraction of sp³-hybridized carbons (Fsp3) is 0.455. The monoisotopic (exact) mass is 294 g/mol. The van der Waals surface area contributed by atoms with Crippen LogP contribution in [-0.4, -0.2) is 16.9 Å². The Kier molecular flexibility index (Phi) is 2.78. The molecule has 1 N–H and O–H groups in total. The minimum Gasteiger partial charge on any atom is -0.380 e. The van der Waals surface area contributed by atoms with Crippen LogP contribution in [0.2, 0.25) is 0 Å². The summed E-state index contributed by atoms with van der Waals surface area (Å²) in [5.74, 6) is -0.195. The molecule has 2 rings (SSSR count). The van der Waals surface area contributed by atoms with Gasteiger partial charge < -0.3 is 5.11 Å². The van der Waals surface area contributed by atoms with E-state index in [0.29, 0.717) is 0 Å². The predicted octanol–water partition coefficient (Wildman–Crippen LogP) is 3.62. The quantitative estimate of drug-likeness (QED) is 0.839. The molecule has 0 spiro atoms. The predicted molar refractivity (Wildman–Crippen MR) is 57.1 cm³/mol. The molecule has 16 heavy (non-hydrogen) atoms. The molecule has 0 atom stereocenters. The van der Waals surface area contributed by atoms with Crippen molar-refractivity contribution in [1.29, 1.82) is 0 Å². The van der Waals surface area contributed by atoms with Crippen molar-refractivity contribution in [2.75, 3.05) is 0 Å². The lowest BCUT2D eigenvalue weighted by Gasteiger charge is -2.44. The van der Waals surface area contributed by atoms with E-state index < -0.39 is 11.8 Å². The van der Waals surface area contributed by atoms with E-state index in [1.54, 1.807) is 24.3 Å². The highest BCUT2D eigenvalue weighted by atomic mass is 79.9. The highest BCUT2D eigenvalue weighted by Crippen LogP contribution is 2.52. The van der Waals surface area contributed by atoms with Crippen LogP contribution >= 0.6 is 15.9 Å². The van der Waals surface area contributed by atoms with Crippen molar-refractivity contribution in [1.82, 2.24) is 0 Å². The van der Waals surface area contributed by atoms with Crippen LogP contribution in [0.1, 0.15) is 24.3 Å². The number of benzene rings is 1. The van der Waals surface area contributed by atoms with E-state index in [-0.39, 0.29) is 18.8 Å². The molecule has 88 valence electrons. The van der Waals surface area contributed by atoms with Crippen LogP contribution in [0.4, 0.5) is 13.2 Å². The van der Waals surface area contributed by atoms with E-state index in [4.69, 9.17) is 0 Å². The Labute approximate surface area is 99.4 Å². The van der Waals surface area contributed by atoms with E-state index in [0.717, 1.165) is 10.0 Å². The van der Waals surface area contributed by atoms with Crippen LogP contribution in [-0.2, 0) is 0 Å². The summed E-state index contributed by atoms with van der Waals surface area (Å²) in [5.41, 5.74) is -1.64. The molecule has 0 bridgehead atoms. The van der Waals surface area contributed by atoms with Gasteiger partial charge in [0.2, 0.25) is 0 Å². The van der Waals surface area contributed by atoms with Gasteiger partial charge in [-0.2, -0.15) is 13.2 Å². The van der Waals surface area contributed by atoms with Gasteiger partial charge in [0.1, 0.15) is 0 Å². The van der Waals surface area contributed by atoms with Crippen molar-refractivity contribution in [3.63, 3.8) is 0 Å². The first-order valence-corrected chi connectivity index (χ1v) is 5.66. The molecule has 1 nitrogen and oxygen atoms in total. The molecule has 1 fully saturated rings. The van der Waals surface area contributed by atoms with Gasteiger partial charge in [0.05, 0.1) is 0 Å². The Morgan fingerprint density at radius 1 is 1.19 bits per heavy atom. The van der Waals surface area contributed by atoms with Crippen molar-refractivity contribution in [2.45, 2.75) is 30.5 Å². The summed E-state index contributed by atoms with van der Waals surface area (Å²) >= 11 is 3.26. The molecule has 0 heterocycles. The van der Waals surface area contributed by atoms with Crippen LogP contribution in [0.25, 0.3) is 0 Å². The van der Waals surface area contributed by atoms with Crippen LogP contribution in [0, 0.1) is 0 Å². The zero-order chi connectivity index (χ0) is 12.0. The lowest BCUT2D eigenvalue weighted by atomic mass is 9.67. The number of hydrogen-bond donors (Lipinski definition) is 1. The summed E-state index contributed by atoms with van der Waals surface area (Å²) in [6.45, 7) is 0. The van der Waals surface area contributed by atoms with Crippen molar-refractivity contribution in [3.8, 4) is 0 Å². The third-order valence-electron chi connectivity index (χ3n) is 3.04. The SMILES string of the molecule is OC1(C(F)(F)F)CC(c2ccc(Br)cc2)C1. The van der Waals surface area contributed by atoms with Crippen molar-refractivity contribution in [2.24, 2.45) is 0 Å². The number of alkyl halides is 3. The highest BCUT2D eigenvalue weighted by molar-refractivity contribution is 9.10. The molecule has 0 aromatic heterocycles. The second-order valence-electron chi connectivity index (χ2n) is 4.19. The third kappa shape index (κ3) is 1.98. The summed E-state index contributed by atoms with van der Waals surface area (Å²) in [7, 11) is 0. The maximum absolute atomic E-state index is 12.4. The number of hydrogen-bond acceptors (Lipinski definition) is 1. The second-order valence-corrected chi connectivity index (χ2v) is 5.10. The van der Waals surface area contributed by atoms with Gasteiger partial charge in [-0.25, -0.2) is 0 Å². The normalized spacial score (nSPS) is 29.9. The van der Waals surface area contributed by atoms with E-state index in [2.05, 4.69) is 15.9 Å². The molecule has 0 amide bonds. The first-order chi connectivity index (χ1) is 7.32. The molecule has 1 aromatic rings. The van der Waals surface area contributed by atoms with Gasteiger partial charge in [-0.05, 0) is 36.5 Å². The first-order valence-electron chi connectivity index (χ1n) is 4.86. The summed E-state index contributed by atoms with van der Waals surface area (Å²) < 4.78 is 38.0. The fourth-order valence-electron chi connectivity index (χ4n) is 1.96. The molecule has 0 unspecified atom stereocenters. The lowest BCUT2D eigenvalue weighted by Crippen LogP contribution is -2.54. The number of aliphatic hydroxyl groups is 1. The maximum Gasteiger partial charge on any atom is 0.417 e. The molecule has 0 aliphatic heterocycles. The Morgan fingerprint density at radius 2 is 1.69 bits per heavy atom. The topological polar surface area (TPSA) is 20.2 Å². The van der Waals surface area contributed by atoms with Gasteiger partial charge in [-0.1, -0.05) is 28.1 Å². The van der Waals surface area contributed by atoms with E-state index >= 15 is 0 Å². The largest absolute Gasteiger partial charge is 0.417 e. The van der Waals surface area contributed by atoms with Gasteiger partial charge in [0.25, 0.3) is 0 Å². The molecule has 1 saturated carbocycles. The van der Waals surface area contributed by atoms with Crippen LogP contribution < -0.4 is 0 Å². The van der Waals surface area contributed by atoms with Crippen molar-refractivity contribution in [3.05, 3.63) is 34.3 Å².